The van der Waals surface area contributed by atoms with Gasteiger partial charge < -0.3 is 4.74 Å². The van der Waals surface area contributed by atoms with Crippen LogP contribution in [0.5, 0.6) is 5.75 Å². The Morgan fingerprint density at radius 1 is 0.684 bits per heavy atom. The van der Waals surface area contributed by atoms with Gasteiger partial charge in [-0.15, -0.1) is 0 Å². The van der Waals surface area contributed by atoms with Gasteiger partial charge in [-0.05, 0) is 78.4 Å². The zero-order chi connectivity index (χ0) is 26.7. The average molecular weight is 511 g/mol. The van der Waals surface area contributed by atoms with E-state index in [2.05, 4.69) is 59.6 Å². The van der Waals surface area contributed by atoms with Crippen molar-refractivity contribution in [2.75, 3.05) is 0 Å². The first-order valence-corrected chi connectivity index (χ1v) is 12.9. The highest BCUT2D eigenvalue weighted by Gasteiger charge is 2.07. The van der Waals surface area contributed by atoms with Gasteiger partial charge in [0, 0.05) is 22.1 Å². The summed E-state index contributed by atoms with van der Waals surface area (Å²) < 4.78 is 44.0. The number of halogens is 3. The molecule has 4 aromatic rings. The molecule has 0 amide bonds. The van der Waals surface area contributed by atoms with Crippen LogP contribution in [0.1, 0.15) is 66.8 Å². The summed E-state index contributed by atoms with van der Waals surface area (Å²) in [7, 11) is 0. The first-order chi connectivity index (χ1) is 18.5. The Morgan fingerprint density at radius 3 is 2.03 bits per heavy atom. The van der Waals surface area contributed by atoms with Gasteiger partial charge in [0.1, 0.15) is 11.6 Å². The van der Waals surface area contributed by atoms with Crippen LogP contribution >= 0.6 is 0 Å². The van der Waals surface area contributed by atoms with Crippen molar-refractivity contribution in [1.82, 2.24) is 0 Å². The molecule has 0 N–H and O–H groups in total. The van der Waals surface area contributed by atoms with E-state index >= 15 is 4.39 Å². The fourth-order valence-electron chi connectivity index (χ4n) is 4.16. The Labute approximate surface area is 222 Å². The number of aryl methyl sites for hydroxylation is 1. The van der Waals surface area contributed by atoms with Gasteiger partial charge in [-0.2, -0.15) is 8.78 Å². The highest BCUT2D eigenvalue weighted by molar-refractivity contribution is 5.86. The van der Waals surface area contributed by atoms with Crippen LogP contribution in [0.25, 0.3) is 10.8 Å². The molecular weight excluding hydrogens is 481 g/mol. The lowest BCUT2D eigenvalue weighted by atomic mass is 10.0. The molecule has 0 aromatic heterocycles. The Morgan fingerprint density at radius 2 is 1.32 bits per heavy atom. The zero-order valence-electron chi connectivity index (χ0n) is 21.4. The second kappa shape index (κ2) is 13.4. The molecule has 0 radical (unpaired) electrons. The molecule has 0 spiro atoms. The first kappa shape index (κ1) is 26.9. The van der Waals surface area contributed by atoms with Crippen LogP contribution in [0.15, 0.2) is 78.9 Å². The predicted molar refractivity (Wildman–Crippen MR) is 148 cm³/mol. The van der Waals surface area contributed by atoms with Gasteiger partial charge in [0.05, 0.1) is 5.56 Å². The van der Waals surface area contributed by atoms with Crippen LogP contribution in [-0.4, -0.2) is 6.61 Å². The van der Waals surface area contributed by atoms with Gasteiger partial charge in [0.2, 0.25) is 0 Å². The van der Waals surface area contributed by atoms with E-state index in [1.165, 1.54) is 49.8 Å². The molecule has 0 saturated heterocycles. The van der Waals surface area contributed by atoms with Crippen molar-refractivity contribution in [3.63, 3.8) is 0 Å². The third-order valence-corrected chi connectivity index (χ3v) is 6.25. The van der Waals surface area contributed by atoms with Crippen LogP contribution in [0, 0.1) is 29.5 Å². The minimum Gasteiger partial charge on any atom is -0.435 e. The van der Waals surface area contributed by atoms with Crippen LogP contribution in [0.2, 0.25) is 0 Å². The second-order valence-electron chi connectivity index (χ2n) is 9.13. The van der Waals surface area contributed by atoms with E-state index in [4.69, 9.17) is 0 Å². The summed E-state index contributed by atoms with van der Waals surface area (Å²) in [5.41, 5.74) is 3.92. The van der Waals surface area contributed by atoms with Crippen molar-refractivity contribution < 1.29 is 17.9 Å². The van der Waals surface area contributed by atoms with Gasteiger partial charge in [-0.25, -0.2) is 4.39 Å². The van der Waals surface area contributed by atoms with Gasteiger partial charge >= 0.3 is 6.61 Å². The maximum Gasteiger partial charge on any atom is 0.387 e. The monoisotopic (exact) mass is 510 g/mol. The first-order valence-electron chi connectivity index (χ1n) is 12.9. The minimum atomic E-state index is -2.88. The molecule has 38 heavy (non-hydrogen) atoms. The van der Waals surface area contributed by atoms with Gasteiger partial charge in [-0.1, -0.05) is 80.6 Å². The molecule has 1 nitrogen and oxygen atoms in total. The minimum absolute atomic E-state index is 0.0477. The largest absolute Gasteiger partial charge is 0.435 e. The fourth-order valence-corrected chi connectivity index (χ4v) is 4.16. The summed E-state index contributed by atoms with van der Waals surface area (Å²) in [4.78, 5) is 0. The van der Waals surface area contributed by atoms with E-state index in [0.29, 0.717) is 10.9 Å². The number of rotatable bonds is 8. The van der Waals surface area contributed by atoms with E-state index < -0.39 is 12.4 Å². The maximum atomic E-state index is 15.1. The lowest BCUT2D eigenvalue weighted by Gasteiger charge is -2.04. The van der Waals surface area contributed by atoms with Gasteiger partial charge in [-0.3, -0.25) is 0 Å². The summed E-state index contributed by atoms with van der Waals surface area (Å²) in [5.74, 6) is 11.7. The third kappa shape index (κ3) is 7.67. The molecule has 0 aliphatic carbocycles. The average Bonchev–Trinajstić information content (AvgIpc) is 2.92. The summed E-state index contributed by atoms with van der Waals surface area (Å²) in [6, 6.07) is 23.2. The quantitative estimate of drug-likeness (QED) is 0.170. The Kier molecular flexibility index (Phi) is 9.49. The van der Waals surface area contributed by atoms with E-state index in [1.54, 1.807) is 24.3 Å². The summed E-state index contributed by atoms with van der Waals surface area (Å²) in [6.07, 6.45) is 7.48. The van der Waals surface area contributed by atoms with E-state index in [1.807, 2.05) is 18.2 Å². The molecule has 4 heteroatoms. The standard InChI is InChI=1S/C34H29F3O/c1-2-3-4-5-6-7-25-8-10-26(11-9-25)12-13-28-17-23-32-30(24-28)20-19-29(33(32)35)18-14-27-15-21-31(22-16-27)38-34(36)37/h8-11,15-17,19-24,34H,2-7H2,1H3. The maximum absolute atomic E-state index is 15.1. The molecule has 0 unspecified atom stereocenters. The number of hydrogen-bond donors (Lipinski definition) is 0. The van der Waals surface area contributed by atoms with Gasteiger partial charge in [0.25, 0.3) is 0 Å². The normalized spacial score (nSPS) is 10.6. The molecule has 0 fully saturated rings. The zero-order valence-corrected chi connectivity index (χ0v) is 21.4. The number of ether oxygens (including phenoxy) is 1. The van der Waals surface area contributed by atoms with Crippen LogP contribution in [-0.2, 0) is 6.42 Å². The van der Waals surface area contributed by atoms with Crippen molar-refractivity contribution in [1.29, 1.82) is 0 Å². The van der Waals surface area contributed by atoms with Crippen molar-refractivity contribution in [2.45, 2.75) is 52.1 Å². The Bertz CT molecular complexity index is 1480. The van der Waals surface area contributed by atoms with Crippen molar-refractivity contribution in [3.8, 4) is 29.4 Å². The van der Waals surface area contributed by atoms with Crippen molar-refractivity contribution >= 4 is 10.8 Å². The molecular formula is C34H29F3O. The molecule has 0 aliphatic rings. The lowest BCUT2D eigenvalue weighted by Crippen LogP contribution is -2.01. The number of benzene rings is 4. The highest BCUT2D eigenvalue weighted by Crippen LogP contribution is 2.22. The van der Waals surface area contributed by atoms with E-state index in [9.17, 15) is 8.78 Å². The second-order valence-corrected chi connectivity index (χ2v) is 9.13. The molecule has 192 valence electrons. The summed E-state index contributed by atoms with van der Waals surface area (Å²) >= 11 is 0. The van der Waals surface area contributed by atoms with E-state index in [-0.39, 0.29) is 11.3 Å². The predicted octanol–water partition coefficient (Wildman–Crippen LogP) is 8.89. The summed E-state index contributed by atoms with van der Waals surface area (Å²) in [5, 5.41) is 1.21. The molecule has 0 bridgehead atoms. The molecule has 4 aromatic carbocycles. The van der Waals surface area contributed by atoms with Crippen LogP contribution in [0.3, 0.4) is 0 Å². The fraction of sp³-hybridized carbons (Fsp3) is 0.235. The third-order valence-electron chi connectivity index (χ3n) is 6.25. The van der Waals surface area contributed by atoms with E-state index in [0.717, 1.165) is 22.9 Å². The summed E-state index contributed by atoms with van der Waals surface area (Å²) in [6.45, 7) is -0.654. The molecule has 0 atom stereocenters. The smallest absolute Gasteiger partial charge is 0.387 e. The molecule has 4 rings (SSSR count). The number of fused-ring (bicyclic) bond motifs is 1. The SMILES string of the molecule is CCCCCCCc1ccc(C#Cc2ccc3c(F)c(C#Cc4ccc(OC(F)F)cc4)ccc3c2)cc1. The number of hydrogen-bond acceptors (Lipinski definition) is 1. The molecule has 0 saturated carbocycles. The Hall–Kier alpha value is -4.15. The van der Waals surface area contributed by atoms with Crippen LogP contribution in [0.4, 0.5) is 13.2 Å². The van der Waals surface area contributed by atoms with Crippen molar-refractivity contribution in [3.05, 3.63) is 112 Å². The van der Waals surface area contributed by atoms with Crippen molar-refractivity contribution in [2.24, 2.45) is 0 Å². The van der Waals surface area contributed by atoms with Gasteiger partial charge in [0.15, 0.2) is 0 Å². The molecule has 0 heterocycles. The highest BCUT2D eigenvalue weighted by atomic mass is 19.3. The lowest BCUT2D eigenvalue weighted by molar-refractivity contribution is -0.0498. The Balaban J connectivity index is 1.42. The number of unbranched alkanes of at least 4 members (excludes halogenated alkanes) is 4. The van der Waals surface area contributed by atoms with Crippen LogP contribution < -0.4 is 4.74 Å². The molecule has 0 aliphatic heterocycles. The number of alkyl halides is 2. The topological polar surface area (TPSA) is 9.23 Å².